The van der Waals surface area contributed by atoms with Gasteiger partial charge in [-0.05, 0) is 23.7 Å². The van der Waals surface area contributed by atoms with Crippen molar-refractivity contribution >= 4 is 33.8 Å². The molecule has 5 heteroatoms. The summed E-state index contributed by atoms with van der Waals surface area (Å²) in [5, 5.41) is 10.3. The van der Waals surface area contributed by atoms with E-state index in [1.165, 1.54) is 11.3 Å². The summed E-state index contributed by atoms with van der Waals surface area (Å²) in [5.41, 5.74) is 0. The van der Waals surface area contributed by atoms with Crippen molar-refractivity contribution in [3.8, 4) is 0 Å². The van der Waals surface area contributed by atoms with Crippen LogP contribution in [0.4, 0.5) is 0 Å². The third-order valence-electron chi connectivity index (χ3n) is 1.21. The van der Waals surface area contributed by atoms with E-state index in [1.54, 1.807) is 6.20 Å². The second kappa shape index (κ2) is 2.60. The van der Waals surface area contributed by atoms with Gasteiger partial charge in [0.15, 0.2) is 0 Å². The van der Waals surface area contributed by atoms with E-state index in [2.05, 4.69) is 15.2 Å². The zero-order chi connectivity index (χ0) is 7.68. The van der Waals surface area contributed by atoms with E-state index in [0.717, 1.165) is 10.2 Å². The summed E-state index contributed by atoms with van der Waals surface area (Å²) >= 11 is 6.33. The molecular weight excluding hydrogens is 178 g/mol. The average Bonchev–Trinajstić information content (AvgIpc) is 2.31. The molecule has 0 aliphatic carbocycles. The maximum Gasteiger partial charge on any atom is 0.241 e. The lowest BCUT2D eigenvalue weighted by Gasteiger charge is -1.70. The SMILES string of the molecule is S=c1nncc2ccsc2n1. The highest BCUT2D eigenvalue weighted by Crippen LogP contribution is 2.14. The first-order chi connectivity index (χ1) is 5.36. The lowest BCUT2D eigenvalue weighted by atomic mass is 10.4. The molecule has 0 N–H and O–H groups in total. The Morgan fingerprint density at radius 2 is 2.36 bits per heavy atom. The second-order valence-electron chi connectivity index (χ2n) is 1.92. The van der Waals surface area contributed by atoms with Crippen molar-refractivity contribution in [2.24, 2.45) is 0 Å². The minimum Gasteiger partial charge on any atom is -0.206 e. The highest BCUT2D eigenvalue weighted by atomic mass is 32.1. The van der Waals surface area contributed by atoms with E-state index in [9.17, 15) is 0 Å². The van der Waals surface area contributed by atoms with Crippen molar-refractivity contribution < 1.29 is 0 Å². The first-order valence-corrected chi connectivity index (χ1v) is 4.22. The van der Waals surface area contributed by atoms with Crippen LogP contribution >= 0.6 is 23.6 Å². The van der Waals surface area contributed by atoms with Crippen LogP contribution in [0.3, 0.4) is 0 Å². The molecule has 0 unspecified atom stereocenters. The predicted octanol–water partition coefficient (Wildman–Crippen LogP) is 1.82. The molecule has 2 aromatic rings. The van der Waals surface area contributed by atoms with E-state index in [4.69, 9.17) is 12.2 Å². The number of rotatable bonds is 0. The molecule has 54 valence electrons. The fourth-order valence-electron chi connectivity index (χ4n) is 0.750. The summed E-state index contributed by atoms with van der Waals surface area (Å²) < 4.78 is 0.294. The van der Waals surface area contributed by atoms with Gasteiger partial charge >= 0.3 is 0 Å². The number of aromatic nitrogens is 3. The number of fused-ring (bicyclic) bond motifs is 1. The molecule has 0 saturated heterocycles. The zero-order valence-electron chi connectivity index (χ0n) is 5.39. The smallest absolute Gasteiger partial charge is 0.206 e. The Morgan fingerprint density at radius 3 is 3.27 bits per heavy atom. The molecule has 2 heterocycles. The molecule has 0 atom stereocenters. The first-order valence-electron chi connectivity index (χ1n) is 2.93. The second-order valence-corrected chi connectivity index (χ2v) is 3.18. The molecular formula is C6H3N3S2. The molecule has 0 fully saturated rings. The van der Waals surface area contributed by atoms with E-state index in [-0.39, 0.29) is 0 Å². The summed E-state index contributed by atoms with van der Waals surface area (Å²) in [6.45, 7) is 0. The molecule has 0 radical (unpaired) electrons. The van der Waals surface area contributed by atoms with Crippen molar-refractivity contribution in [3.05, 3.63) is 22.4 Å². The fourth-order valence-corrected chi connectivity index (χ4v) is 1.69. The van der Waals surface area contributed by atoms with Crippen LogP contribution in [0.25, 0.3) is 10.2 Å². The van der Waals surface area contributed by atoms with Gasteiger partial charge in [-0.3, -0.25) is 0 Å². The highest BCUT2D eigenvalue weighted by molar-refractivity contribution is 7.71. The van der Waals surface area contributed by atoms with E-state index in [0.29, 0.717) is 4.77 Å². The van der Waals surface area contributed by atoms with Crippen molar-refractivity contribution in [2.45, 2.75) is 0 Å². The van der Waals surface area contributed by atoms with Gasteiger partial charge in [0.1, 0.15) is 4.83 Å². The Labute approximate surface area is 71.8 Å². The number of hydrogen-bond donors (Lipinski definition) is 0. The van der Waals surface area contributed by atoms with Crippen LogP contribution in [0.1, 0.15) is 0 Å². The van der Waals surface area contributed by atoms with Gasteiger partial charge in [-0.1, -0.05) is 0 Å². The van der Waals surface area contributed by atoms with Gasteiger partial charge in [0.2, 0.25) is 4.77 Å². The Morgan fingerprint density at radius 1 is 1.45 bits per heavy atom. The molecule has 0 aliphatic heterocycles. The van der Waals surface area contributed by atoms with Crippen LogP contribution in [0.2, 0.25) is 0 Å². The molecule has 0 spiro atoms. The van der Waals surface area contributed by atoms with Crippen LogP contribution in [0, 0.1) is 4.77 Å². The van der Waals surface area contributed by atoms with Gasteiger partial charge in [-0.2, -0.15) is 5.10 Å². The monoisotopic (exact) mass is 181 g/mol. The summed E-state index contributed by atoms with van der Waals surface area (Å²) in [6, 6.07) is 1.94. The first kappa shape index (κ1) is 6.75. The lowest BCUT2D eigenvalue weighted by Crippen LogP contribution is -1.71. The Hall–Kier alpha value is -0.940. The Balaban J connectivity index is 3.00. The summed E-state index contributed by atoms with van der Waals surface area (Å²) in [4.78, 5) is 4.95. The Kier molecular flexibility index (Phi) is 1.59. The summed E-state index contributed by atoms with van der Waals surface area (Å²) in [5.74, 6) is 0. The van der Waals surface area contributed by atoms with Crippen LogP contribution in [0.15, 0.2) is 17.6 Å². The van der Waals surface area contributed by atoms with Crippen molar-refractivity contribution in [1.82, 2.24) is 15.2 Å². The number of nitrogens with zero attached hydrogens (tertiary/aromatic N) is 3. The van der Waals surface area contributed by atoms with Crippen molar-refractivity contribution in [1.29, 1.82) is 0 Å². The van der Waals surface area contributed by atoms with Gasteiger partial charge in [0, 0.05) is 5.39 Å². The minimum atomic E-state index is 0.294. The van der Waals surface area contributed by atoms with Gasteiger partial charge in [0.05, 0.1) is 6.20 Å². The molecule has 0 aliphatic rings. The third kappa shape index (κ3) is 1.24. The summed E-state index contributed by atoms with van der Waals surface area (Å²) in [6.07, 6.45) is 1.66. The summed E-state index contributed by atoms with van der Waals surface area (Å²) in [7, 11) is 0. The normalized spacial score (nSPS) is 10.2. The number of hydrogen-bond acceptors (Lipinski definition) is 5. The highest BCUT2D eigenvalue weighted by Gasteiger charge is 1.92. The van der Waals surface area contributed by atoms with Crippen LogP contribution in [-0.2, 0) is 0 Å². The standard InChI is InChI=1S/C6H3N3S2/c10-6-8-5-4(1-2-11-5)3-7-9-6/h1-3H. The predicted molar refractivity (Wildman–Crippen MR) is 46.0 cm³/mol. The zero-order valence-corrected chi connectivity index (χ0v) is 7.02. The molecule has 2 aromatic heterocycles. The maximum absolute atomic E-state index is 4.79. The lowest BCUT2D eigenvalue weighted by molar-refractivity contribution is 1.01. The fraction of sp³-hybridized carbons (Fsp3) is 0. The maximum atomic E-state index is 4.79. The van der Waals surface area contributed by atoms with Crippen molar-refractivity contribution in [3.63, 3.8) is 0 Å². The van der Waals surface area contributed by atoms with Crippen molar-refractivity contribution in [2.75, 3.05) is 0 Å². The van der Waals surface area contributed by atoms with Crippen LogP contribution in [0.5, 0.6) is 0 Å². The molecule has 11 heavy (non-hydrogen) atoms. The topological polar surface area (TPSA) is 38.7 Å². The molecule has 0 bridgehead atoms. The quantitative estimate of drug-likeness (QED) is 0.581. The van der Waals surface area contributed by atoms with E-state index in [1.807, 2.05) is 11.4 Å². The molecule has 0 saturated carbocycles. The largest absolute Gasteiger partial charge is 0.241 e. The van der Waals surface area contributed by atoms with Gasteiger partial charge in [0.25, 0.3) is 0 Å². The van der Waals surface area contributed by atoms with Crippen LogP contribution in [-0.4, -0.2) is 15.2 Å². The van der Waals surface area contributed by atoms with Crippen LogP contribution < -0.4 is 0 Å². The number of thiophene rings is 1. The van der Waals surface area contributed by atoms with Gasteiger partial charge in [-0.15, -0.1) is 16.4 Å². The molecule has 2 rings (SSSR count). The van der Waals surface area contributed by atoms with Gasteiger partial charge in [-0.25, -0.2) is 4.98 Å². The molecule has 0 aromatic carbocycles. The Bertz CT molecular complexity index is 437. The van der Waals surface area contributed by atoms with Gasteiger partial charge < -0.3 is 0 Å². The molecule has 3 nitrogen and oxygen atoms in total. The third-order valence-corrected chi connectivity index (χ3v) is 2.21. The average molecular weight is 181 g/mol. The minimum absolute atomic E-state index is 0.294. The van der Waals surface area contributed by atoms with E-state index < -0.39 is 0 Å². The molecule has 0 amide bonds. The van der Waals surface area contributed by atoms with E-state index >= 15 is 0 Å².